The second-order valence-corrected chi connectivity index (χ2v) is 3.89. The van der Waals surface area contributed by atoms with Crippen LogP contribution in [-0.2, 0) is 4.74 Å². The first-order valence-electron chi connectivity index (χ1n) is 4.00. The maximum Gasteiger partial charge on any atom is 0.344 e. The molecule has 0 atom stereocenters. The number of ether oxygens (including phenoxy) is 1. The fourth-order valence-electron chi connectivity index (χ4n) is 1.33. The van der Waals surface area contributed by atoms with Crippen LogP contribution in [0.15, 0.2) is 24.3 Å². The van der Waals surface area contributed by atoms with Crippen molar-refractivity contribution in [1.29, 1.82) is 0 Å². The van der Waals surface area contributed by atoms with Gasteiger partial charge in [0, 0.05) is 15.9 Å². The predicted octanol–water partition coefficient (Wildman–Crippen LogP) is 3.25. The lowest BCUT2D eigenvalue weighted by molar-refractivity contribution is 0.0715. The molecule has 1 aliphatic rings. The fraction of sp³-hybridized carbons (Fsp3) is 0.100. The third kappa shape index (κ3) is 1.57. The van der Waals surface area contributed by atoms with Crippen molar-refractivity contribution < 1.29 is 9.53 Å². The molecule has 0 radical (unpaired) electrons. The Bertz CT molecular complexity index is 426. The van der Waals surface area contributed by atoms with Crippen LogP contribution < -0.4 is 0 Å². The second-order valence-electron chi connectivity index (χ2n) is 2.80. The highest BCUT2D eigenvalue weighted by atomic mass is 79.9. The molecule has 1 heterocycles. The lowest BCUT2D eigenvalue weighted by Gasteiger charge is -1.96. The van der Waals surface area contributed by atoms with E-state index in [1.165, 1.54) is 0 Å². The minimum absolute atomic E-state index is 0.338. The quantitative estimate of drug-likeness (QED) is 0.580. The van der Waals surface area contributed by atoms with Gasteiger partial charge in [0.25, 0.3) is 0 Å². The predicted molar refractivity (Wildman–Crippen MR) is 58.6 cm³/mol. The second kappa shape index (κ2) is 3.75. The number of carbonyl (C=O) groups is 1. The summed E-state index contributed by atoms with van der Waals surface area (Å²) in [7, 11) is 0. The first-order valence-corrected chi connectivity index (χ1v) is 5.50. The Balaban J connectivity index is 2.55. The molecule has 0 aromatic heterocycles. The van der Waals surface area contributed by atoms with E-state index in [9.17, 15) is 4.79 Å². The standard InChI is InChI=1S/C10H6BrClO2/c11-4-3-9-7-2-1-6(12)5-8(7)10(13)14-9/h1-3,5H,4H2/b9-3-. The highest BCUT2D eigenvalue weighted by Crippen LogP contribution is 2.31. The molecule has 4 heteroatoms. The number of hydrogen-bond donors (Lipinski definition) is 0. The third-order valence-electron chi connectivity index (χ3n) is 1.93. The Morgan fingerprint density at radius 3 is 2.93 bits per heavy atom. The van der Waals surface area contributed by atoms with Crippen molar-refractivity contribution in [2.45, 2.75) is 0 Å². The maximum atomic E-state index is 11.4. The largest absolute Gasteiger partial charge is 0.423 e. The monoisotopic (exact) mass is 272 g/mol. The van der Waals surface area contributed by atoms with E-state index < -0.39 is 0 Å². The van der Waals surface area contributed by atoms with E-state index in [2.05, 4.69) is 15.9 Å². The lowest BCUT2D eigenvalue weighted by Crippen LogP contribution is -1.92. The molecule has 0 saturated carbocycles. The summed E-state index contributed by atoms with van der Waals surface area (Å²) in [6.45, 7) is 0. The molecular weight excluding hydrogens is 267 g/mol. The van der Waals surface area contributed by atoms with Crippen LogP contribution in [0.1, 0.15) is 15.9 Å². The minimum Gasteiger partial charge on any atom is -0.423 e. The zero-order valence-corrected chi connectivity index (χ0v) is 9.43. The summed E-state index contributed by atoms with van der Waals surface area (Å²) in [5.74, 6) is 0.258. The number of halogens is 2. The van der Waals surface area contributed by atoms with Gasteiger partial charge >= 0.3 is 5.97 Å². The van der Waals surface area contributed by atoms with Crippen LogP contribution in [0, 0.1) is 0 Å². The molecule has 0 bridgehead atoms. The zero-order chi connectivity index (χ0) is 10.1. The number of rotatable bonds is 1. The zero-order valence-electron chi connectivity index (χ0n) is 7.09. The first kappa shape index (κ1) is 9.74. The molecule has 2 nitrogen and oxygen atoms in total. The van der Waals surface area contributed by atoms with Crippen LogP contribution in [0.4, 0.5) is 0 Å². The highest BCUT2D eigenvalue weighted by Gasteiger charge is 2.25. The molecule has 0 amide bonds. The average molecular weight is 274 g/mol. The Hall–Kier alpha value is -0.800. The van der Waals surface area contributed by atoms with Crippen LogP contribution in [0.25, 0.3) is 5.76 Å². The topological polar surface area (TPSA) is 26.3 Å². The summed E-state index contributed by atoms with van der Waals surface area (Å²) in [4.78, 5) is 11.4. The van der Waals surface area contributed by atoms with Crippen LogP contribution in [-0.4, -0.2) is 11.3 Å². The number of alkyl halides is 1. The van der Waals surface area contributed by atoms with Crippen molar-refractivity contribution >= 4 is 39.3 Å². The van der Waals surface area contributed by atoms with E-state index >= 15 is 0 Å². The molecule has 2 rings (SSSR count). The summed E-state index contributed by atoms with van der Waals surface area (Å²) in [5, 5.41) is 1.19. The van der Waals surface area contributed by atoms with E-state index in [1.54, 1.807) is 24.3 Å². The molecule has 14 heavy (non-hydrogen) atoms. The van der Waals surface area contributed by atoms with Gasteiger partial charge in [-0.15, -0.1) is 0 Å². The van der Waals surface area contributed by atoms with Gasteiger partial charge in [0.2, 0.25) is 0 Å². The molecule has 0 fully saturated rings. The third-order valence-corrected chi connectivity index (χ3v) is 2.49. The highest BCUT2D eigenvalue weighted by molar-refractivity contribution is 9.09. The van der Waals surface area contributed by atoms with Crippen molar-refractivity contribution in [3.8, 4) is 0 Å². The van der Waals surface area contributed by atoms with Gasteiger partial charge in [-0.2, -0.15) is 0 Å². The Morgan fingerprint density at radius 1 is 1.43 bits per heavy atom. The molecule has 0 saturated heterocycles. The van der Waals surface area contributed by atoms with Gasteiger partial charge in [-0.05, 0) is 24.3 Å². The van der Waals surface area contributed by atoms with Gasteiger partial charge in [-0.3, -0.25) is 0 Å². The smallest absolute Gasteiger partial charge is 0.344 e. The molecule has 1 aromatic carbocycles. The molecule has 0 N–H and O–H groups in total. The Labute approximate surface area is 94.6 Å². The van der Waals surface area contributed by atoms with Crippen LogP contribution in [0.5, 0.6) is 0 Å². The summed E-state index contributed by atoms with van der Waals surface area (Å²) >= 11 is 9.03. The summed E-state index contributed by atoms with van der Waals surface area (Å²) < 4.78 is 5.06. The van der Waals surface area contributed by atoms with Crippen molar-refractivity contribution in [2.24, 2.45) is 0 Å². The molecule has 0 unspecified atom stereocenters. The number of hydrogen-bond acceptors (Lipinski definition) is 2. The summed E-state index contributed by atoms with van der Waals surface area (Å²) in [5.41, 5.74) is 1.34. The van der Waals surface area contributed by atoms with Crippen molar-refractivity contribution in [3.63, 3.8) is 0 Å². The first-order chi connectivity index (χ1) is 6.72. The van der Waals surface area contributed by atoms with Crippen LogP contribution in [0.2, 0.25) is 5.02 Å². The van der Waals surface area contributed by atoms with Gasteiger partial charge in [0.1, 0.15) is 5.76 Å². The molecule has 72 valence electrons. The number of esters is 1. The van der Waals surface area contributed by atoms with Crippen molar-refractivity contribution in [2.75, 3.05) is 5.33 Å². The van der Waals surface area contributed by atoms with Gasteiger partial charge in [0.05, 0.1) is 5.56 Å². The molecular formula is C10H6BrClO2. The van der Waals surface area contributed by atoms with Crippen molar-refractivity contribution in [3.05, 3.63) is 40.4 Å². The van der Waals surface area contributed by atoms with E-state index in [-0.39, 0.29) is 5.97 Å². The Kier molecular flexibility index (Phi) is 2.61. The average Bonchev–Trinajstić information content (AvgIpc) is 2.44. The number of fused-ring (bicyclic) bond motifs is 1. The van der Waals surface area contributed by atoms with E-state index in [0.29, 0.717) is 21.7 Å². The summed E-state index contributed by atoms with van der Waals surface area (Å²) in [6, 6.07) is 5.15. The van der Waals surface area contributed by atoms with E-state index in [4.69, 9.17) is 16.3 Å². The number of carbonyl (C=O) groups excluding carboxylic acids is 1. The lowest BCUT2D eigenvalue weighted by atomic mass is 10.1. The van der Waals surface area contributed by atoms with Crippen molar-refractivity contribution in [1.82, 2.24) is 0 Å². The van der Waals surface area contributed by atoms with Gasteiger partial charge in [-0.1, -0.05) is 27.5 Å². The fourth-order valence-corrected chi connectivity index (χ4v) is 1.80. The minimum atomic E-state index is -0.338. The van der Waals surface area contributed by atoms with E-state index in [0.717, 1.165) is 5.56 Å². The van der Waals surface area contributed by atoms with Gasteiger partial charge < -0.3 is 4.74 Å². The van der Waals surface area contributed by atoms with E-state index in [1.807, 2.05) is 0 Å². The number of cyclic esters (lactones) is 1. The number of benzene rings is 1. The molecule has 1 aromatic rings. The summed E-state index contributed by atoms with van der Waals surface area (Å²) in [6.07, 6.45) is 1.80. The van der Waals surface area contributed by atoms with Gasteiger partial charge in [0.15, 0.2) is 0 Å². The van der Waals surface area contributed by atoms with Crippen LogP contribution in [0.3, 0.4) is 0 Å². The molecule has 1 aliphatic heterocycles. The van der Waals surface area contributed by atoms with Gasteiger partial charge in [-0.25, -0.2) is 4.79 Å². The SMILES string of the molecule is O=C1O/C(=C\CBr)c2ccc(Cl)cc21. The molecule has 0 spiro atoms. The number of allylic oxidation sites excluding steroid dienone is 1. The molecule has 0 aliphatic carbocycles. The normalized spacial score (nSPS) is 17.0. The Morgan fingerprint density at radius 2 is 2.21 bits per heavy atom. The van der Waals surface area contributed by atoms with Crippen LogP contribution >= 0.6 is 27.5 Å². The maximum absolute atomic E-state index is 11.4.